The molecule has 0 radical (unpaired) electrons. The van der Waals surface area contributed by atoms with Crippen LogP contribution in [0.2, 0.25) is 0 Å². The third kappa shape index (κ3) is 5.83. The Morgan fingerprint density at radius 3 is 1.73 bits per heavy atom. The average molecular weight is 637 g/mol. The van der Waals surface area contributed by atoms with Gasteiger partial charge in [0.1, 0.15) is 24.4 Å². The molecule has 1 saturated heterocycles. The van der Waals surface area contributed by atoms with Gasteiger partial charge in [-0.15, -0.1) is 0 Å². The number of fused-ring (bicyclic) bond motifs is 5. The summed E-state index contributed by atoms with van der Waals surface area (Å²) in [6.07, 6.45) is -6.11. The molecule has 13 nitrogen and oxygen atoms in total. The number of ether oxygens (including phenoxy) is 7. The number of esters is 6. The summed E-state index contributed by atoms with van der Waals surface area (Å²) in [5, 5.41) is 0. The second-order valence-corrected chi connectivity index (χ2v) is 13.4. The van der Waals surface area contributed by atoms with E-state index in [1.54, 1.807) is 13.8 Å². The monoisotopic (exact) mass is 636 g/mol. The van der Waals surface area contributed by atoms with Gasteiger partial charge in [-0.3, -0.25) is 28.8 Å². The first-order chi connectivity index (χ1) is 20.8. The maximum absolute atomic E-state index is 12.9. The minimum atomic E-state index is -1.50. The molecule has 1 heterocycles. The Balaban J connectivity index is 2.18. The van der Waals surface area contributed by atoms with Crippen molar-refractivity contribution < 1.29 is 61.9 Å². The maximum atomic E-state index is 12.9. The van der Waals surface area contributed by atoms with Crippen LogP contribution in [0.1, 0.15) is 82.1 Å². The van der Waals surface area contributed by atoms with Crippen LogP contribution >= 0.6 is 0 Å². The third-order valence-electron chi connectivity index (χ3n) is 10.1. The Morgan fingerprint density at radius 2 is 1.27 bits per heavy atom. The Labute approximate surface area is 262 Å². The van der Waals surface area contributed by atoms with Crippen molar-refractivity contribution in [3.63, 3.8) is 0 Å². The van der Waals surface area contributed by atoms with E-state index >= 15 is 0 Å². The van der Waals surface area contributed by atoms with Crippen molar-refractivity contribution in [2.75, 3.05) is 6.61 Å². The van der Waals surface area contributed by atoms with Crippen molar-refractivity contribution in [2.24, 2.45) is 22.7 Å². The Kier molecular flexibility index (Phi) is 9.20. The molecule has 0 N–H and O–H groups in total. The van der Waals surface area contributed by atoms with Crippen molar-refractivity contribution in [1.29, 1.82) is 0 Å². The maximum Gasteiger partial charge on any atom is 0.303 e. The molecule has 250 valence electrons. The van der Waals surface area contributed by atoms with Crippen LogP contribution in [0, 0.1) is 22.7 Å². The van der Waals surface area contributed by atoms with Crippen LogP contribution in [0.25, 0.3) is 0 Å². The molecule has 2 saturated carbocycles. The molecule has 13 heteroatoms. The van der Waals surface area contributed by atoms with Crippen LogP contribution in [0.3, 0.4) is 0 Å². The molecule has 0 unspecified atom stereocenters. The third-order valence-corrected chi connectivity index (χ3v) is 10.1. The van der Waals surface area contributed by atoms with Crippen molar-refractivity contribution >= 4 is 35.8 Å². The summed E-state index contributed by atoms with van der Waals surface area (Å²) in [6, 6.07) is 0. The normalized spacial score (nSPS) is 38.0. The standard InChI is InChI=1S/C32H44O13/c1-14-22(40-15(2)33)11-21-26(42-17(4)35)28-31(10,23(41-16(3)34)12-24-32(28,13-39-24)45-20(7)38)29(44-19(6)37)27(43-18(5)36)25(14)30(21,8)9/h21-24,26-29H,11-13H2,1-10H3/t21-,22+,23+,24-,26-,27-,28+,29+,31-,32+/m1/s1. The summed E-state index contributed by atoms with van der Waals surface area (Å²) in [7, 11) is 0. The van der Waals surface area contributed by atoms with Crippen molar-refractivity contribution in [3.8, 4) is 0 Å². The molecule has 10 atom stereocenters. The van der Waals surface area contributed by atoms with Gasteiger partial charge in [-0.2, -0.15) is 0 Å². The highest BCUT2D eigenvalue weighted by Crippen LogP contribution is 2.65. The molecule has 0 amide bonds. The van der Waals surface area contributed by atoms with Gasteiger partial charge in [-0.05, 0) is 29.9 Å². The lowest BCUT2D eigenvalue weighted by Gasteiger charge is -2.68. The minimum Gasteiger partial charge on any atom is -0.462 e. The lowest BCUT2D eigenvalue weighted by atomic mass is 9.45. The topological polar surface area (TPSA) is 167 Å². The van der Waals surface area contributed by atoms with E-state index in [4.69, 9.17) is 33.2 Å². The van der Waals surface area contributed by atoms with Crippen LogP contribution in [0.4, 0.5) is 0 Å². The SMILES string of the molecule is CC(=O)O[C@@H]1[C@H]2C[C@H](OC(C)=O)C(C)=C([C@@H](OC(C)=O)[C@H](OC(C)=O)[C@]3(C)[C@@H](OC(C)=O)C[C@H]4OC[C@@]4(OC(C)=O)[C@@H]13)C2(C)C. The number of rotatable bonds is 6. The van der Waals surface area contributed by atoms with E-state index in [-0.39, 0.29) is 19.4 Å². The summed E-state index contributed by atoms with van der Waals surface area (Å²) in [5.74, 6) is -5.53. The molecule has 0 aromatic carbocycles. The predicted octanol–water partition coefficient (Wildman–Crippen LogP) is 2.75. The average Bonchev–Trinajstić information content (AvgIpc) is 2.86. The van der Waals surface area contributed by atoms with E-state index < -0.39 is 101 Å². The molecule has 0 aromatic rings. The predicted molar refractivity (Wildman–Crippen MR) is 153 cm³/mol. The zero-order valence-corrected chi connectivity index (χ0v) is 27.5. The fourth-order valence-electron chi connectivity index (χ4n) is 8.67. The Hall–Kier alpha value is -3.48. The summed E-state index contributed by atoms with van der Waals surface area (Å²) in [6.45, 7) is 14.6. The number of carbonyl (C=O) groups is 6. The summed E-state index contributed by atoms with van der Waals surface area (Å²) in [4.78, 5) is 76.4. The van der Waals surface area contributed by atoms with Gasteiger partial charge in [0, 0.05) is 53.9 Å². The second kappa shape index (κ2) is 12.0. The Morgan fingerprint density at radius 1 is 0.711 bits per heavy atom. The molecule has 3 fully saturated rings. The van der Waals surface area contributed by atoms with Crippen molar-refractivity contribution in [1.82, 2.24) is 0 Å². The van der Waals surface area contributed by atoms with E-state index in [1.807, 2.05) is 13.8 Å². The first kappa shape index (κ1) is 34.4. The second-order valence-electron chi connectivity index (χ2n) is 13.4. The fraction of sp³-hybridized carbons (Fsp3) is 0.750. The van der Waals surface area contributed by atoms with Crippen LogP contribution in [0.15, 0.2) is 11.1 Å². The zero-order chi connectivity index (χ0) is 33.8. The Bertz CT molecular complexity index is 1320. The largest absolute Gasteiger partial charge is 0.462 e. The van der Waals surface area contributed by atoms with Gasteiger partial charge < -0.3 is 33.2 Å². The minimum absolute atomic E-state index is 0.0410. The molecule has 45 heavy (non-hydrogen) atoms. The quantitative estimate of drug-likeness (QED) is 0.237. The lowest BCUT2D eigenvalue weighted by molar-refractivity contribution is -0.356. The fourth-order valence-corrected chi connectivity index (χ4v) is 8.67. The summed E-state index contributed by atoms with van der Waals surface area (Å²) in [5.41, 5.74) is -2.76. The number of carbonyl (C=O) groups excluding carboxylic acids is 6. The number of hydrogen-bond donors (Lipinski definition) is 0. The molecular weight excluding hydrogens is 592 g/mol. The summed E-state index contributed by atoms with van der Waals surface area (Å²) < 4.78 is 42.2. The van der Waals surface area contributed by atoms with E-state index in [1.165, 1.54) is 41.5 Å². The smallest absolute Gasteiger partial charge is 0.303 e. The van der Waals surface area contributed by atoms with E-state index in [0.29, 0.717) is 11.1 Å². The lowest BCUT2D eigenvalue weighted by Crippen LogP contribution is -2.80. The number of hydrogen-bond acceptors (Lipinski definition) is 13. The first-order valence-electron chi connectivity index (χ1n) is 15.2. The van der Waals surface area contributed by atoms with Gasteiger partial charge >= 0.3 is 35.8 Å². The highest BCUT2D eigenvalue weighted by molar-refractivity contribution is 5.70. The van der Waals surface area contributed by atoms with Crippen molar-refractivity contribution in [2.45, 2.75) is 124 Å². The summed E-state index contributed by atoms with van der Waals surface area (Å²) >= 11 is 0. The highest BCUT2D eigenvalue weighted by atomic mass is 16.6. The van der Waals surface area contributed by atoms with E-state index in [2.05, 4.69) is 0 Å². The highest BCUT2D eigenvalue weighted by Gasteiger charge is 2.77. The van der Waals surface area contributed by atoms with Gasteiger partial charge in [0.05, 0.1) is 17.9 Å². The molecule has 0 spiro atoms. The van der Waals surface area contributed by atoms with Gasteiger partial charge in [0.2, 0.25) is 0 Å². The van der Waals surface area contributed by atoms with Crippen LogP contribution in [-0.4, -0.2) is 84.6 Å². The van der Waals surface area contributed by atoms with Crippen LogP contribution < -0.4 is 0 Å². The van der Waals surface area contributed by atoms with Gasteiger partial charge in [-0.25, -0.2) is 0 Å². The van der Waals surface area contributed by atoms with Gasteiger partial charge in [0.25, 0.3) is 0 Å². The first-order valence-corrected chi connectivity index (χ1v) is 15.2. The van der Waals surface area contributed by atoms with Crippen molar-refractivity contribution in [3.05, 3.63) is 11.1 Å². The molecular formula is C32H44O13. The van der Waals surface area contributed by atoms with Gasteiger partial charge in [-0.1, -0.05) is 20.8 Å². The molecule has 0 aromatic heterocycles. The molecule has 4 rings (SSSR count). The molecule has 4 aliphatic rings. The van der Waals surface area contributed by atoms with E-state index in [0.717, 1.165) is 0 Å². The molecule has 1 aliphatic heterocycles. The van der Waals surface area contributed by atoms with E-state index in [9.17, 15) is 28.8 Å². The molecule has 2 bridgehead atoms. The van der Waals surface area contributed by atoms with Crippen LogP contribution in [0.5, 0.6) is 0 Å². The zero-order valence-electron chi connectivity index (χ0n) is 27.5. The molecule has 3 aliphatic carbocycles. The van der Waals surface area contributed by atoms with Crippen LogP contribution in [-0.2, 0) is 61.9 Å². The van der Waals surface area contributed by atoms with Gasteiger partial charge in [0.15, 0.2) is 17.8 Å².